The van der Waals surface area contributed by atoms with Gasteiger partial charge in [0.1, 0.15) is 5.60 Å². The van der Waals surface area contributed by atoms with E-state index in [2.05, 4.69) is 41.5 Å². The molecule has 0 bridgehead atoms. The molecule has 1 aliphatic rings. The van der Waals surface area contributed by atoms with E-state index in [1.54, 1.807) is 26.8 Å². The van der Waals surface area contributed by atoms with Crippen LogP contribution in [-0.2, 0) is 24.0 Å². The Balaban J connectivity index is 2.31. The fourth-order valence-electron chi connectivity index (χ4n) is 5.63. The SMILES string of the molecule is CC(C)[Si](OCCC[C@H]1C(C(=O)OC(C)(C)C)=CCN1S(=O)(=O)c1ccc([N+](=O)[O-])cc1)(C(C)C)C(C)C. The molecule has 9 nitrogen and oxygen atoms in total. The standard InChI is InChI=1S/C27H44N2O7SSi/c1-19(2)38(20(3)4,21(5)6)35-18-10-11-25-24(26(30)36-27(7,8)9)16-17-28(25)37(33,34)23-14-12-22(13-15-23)29(31)32/h12-16,19-21,25H,10-11,17-18H2,1-9H3/t25-/m0/s1. The molecular weight excluding hydrogens is 524 g/mol. The zero-order valence-electron chi connectivity index (χ0n) is 24.2. The van der Waals surface area contributed by atoms with E-state index in [0.29, 0.717) is 41.6 Å². The van der Waals surface area contributed by atoms with Crippen molar-refractivity contribution < 1.29 is 27.3 Å². The Morgan fingerprint density at radius 3 is 2.05 bits per heavy atom. The zero-order chi connectivity index (χ0) is 29.1. The summed E-state index contributed by atoms with van der Waals surface area (Å²) >= 11 is 0. The first-order valence-corrected chi connectivity index (χ1v) is 16.9. The molecule has 1 aromatic carbocycles. The fourth-order valence-corrected chi connectivity index (χ4v) is 12.7. The number of nitro groups is 1. The lowest BCUT2D eigenvalue weighted by atomic mass is 10.0. The van der Waals surface area contributed by atoms with Crippen molar-refractivity contribution in [3.05, 3.63) is 46.0 Å². The molecule has 0 aliphatic carbocycles. The van der Waals surface area contributed by atoms with Crippen molar-refractivity contribution in [1.82, 2.24) is 4.31 Å². The van der Waals surface area contributed by atoms with Gasteiger partial charge in [-0.3, -0.25) is 10.1 Å². The minimum Gasteiger partial charge on any atom is -0.457 e. The van der Waals surface area contributed by atoms with Gasteiger partial charge in [0.05, 0.1) is 21.4 Å². The number of nitro benzene ring substituents is 1. The Morgan fingerprint density at radius 2 is 1.61 bits per heavy atom. The number of non-ortho nitro benzene ring substituents is 1. The van der Waals surface area contributed by atoms with E-state index in [1.165, 1.54) is 28.6 Å². The highest BCUT2D eigenvalue weighted by Crippen LogP contribution is 2.42. The molecule has 0 unspecified atom stereocenters. The van der Waals surface area contributed by atoms with Gasteiger partial charge in [-0.2, -0.15) is 4.31 Å². The summed E-state index contributed by atoms with van der Waals surface area (Å²) in [5.74, 6) is -0.542. The number of hydrogen-bond acceptors (Lipinski definition) is 7. The molecule has 0 saturated carbocycles. The van der Waals surface area contributed by atoms with E-state index in [9.17, 15) is 23.3 Å². The lowest BCUT2D eigenvalue weighted by Crippen LogP contribution is -2.48. The molecule has 0 amide bonds. The Labute approximate surface area is 228 Å². The minimum absolute atomic E-state index is 0.0160. The number of esters is 1. The van der Waals surface area contributed by atoms with E-state index >= 15 is 0 Å². The Bertz CT molecular complexity index is 1100. The molecule has 1 atom stereocenters. The summed E-state index contributed by atoms with van der Waals surface area (Å²) in [4.78, 5) is 23.4. The van der Waals surface area contributed by atoms with Gasteiger partial charge in [-0.05, 0) is 62.4 Å². The van der Waals surface area contributed by atoms with E-state index in [1.807, 2.05) is 0 Å². The highest BCUT2D eigenvalue weighted by atomic mass is 32.2. The maximum atomic E-state index is 13.6. The van der Waals surface area contributed by atoms with Gasteiger partial charge in [0.15, 0.2) is 8.32 Å². The van der Waals surface area contributed by atoms with E-state index in [-0.39, 0.29) is 17.1 Å². The molecule has 1 aromatic rings. The van der Waals surface area contributed by atoms with Crippen LogP contribution < -0.4 is 0 Å². The third-order valence-corrected chi connectivity index (χ3v) is 15.2. The van der Waals surface area contributed by atoms with Crippen molar-refractivity contribution in [2.75, 3.05) is 13.2 Å². The van der Waals surface area contributed by atoms with Crippen LogP contribution in [0.2, 0.25) is 16.6 Å². The average molecular weight is 569 g/mol. The molecule has 38 heavy (non-hydrogen) atoms. The number of hydrogen-bond donors (Lipinski definition) is 0. The van der Waals surface area contributed by atoms with Gasteiger partial charge in [0.25, 0.3) is 5.69 Å². The highest BCUT2D eigenvalue weighted by molar-refractivity contribution is 7.89. The fraction of sp³-hybridized carbons (Fsp3) is 0.667. The van der Waals surface area contributed by atoms with Crippen LogP contribution in [0.15, 0.2) is 40.8 Å². The molecule has 1 heterocycles. The summed E-state index contributed by atoms with van der Waals surface area (Å²) < 4.78 is 40.7. The van der Waals surface area contributed by atoms with E-state index in [0.717, 1.165) is 0 Å². The highest BCUT2D eigenvalue weighted by Gasteiger charge is 2.45. The van der Waals surface area contributed by atoms with Crippen LogP contribution in [0.1, 0.15) is 75.2 Å². The van der Waals surface area contributed by atoms with Crippen molar-refractivity contribution in [3.63, 3.8) is 0 Å². The van der Waals surface area contributed by atoms with Crippen molar-refractivity contribution in [2.24, 2.45) is 0 Å². The average Bonchev–Trinajstić information content (AvgIpc) is 3.22. The molecule has 0 saturated heterocycles. The van der Waals surface area contributed by atoms with Gasteiger partial charge < -0.3 is 9.16 Å². The third-order valence-electron chi connectivity index (χ3n) is 7.17. The summed E-state index contributed by atoms with van der Waals surface area (Å²) in [6.45, 7) is 19.1. The summed E-state index contributed by atoms with van der Waals surface area (Å²) in [5.41, 5.74) is 0.652. The van der Waals surface area contributed by atoms with Gasteiger partial charge in [0.2, 0.25) is 10.0 Å². The minimum atomic E-state index is -4.03. The zero-order valence-corrected chi connectivity index (χ0v) is 26.0. The Morgan fingerprint density at radius 1 is 1.08 bits per heavy atom. The number of carbonyl (C=O) groups is 1. The number of nitrogens with zero attached hydrogens (tertiary/aromatic N) is 2. The quantitative estimate of drug-likeness (QED) is 0.0968. The predicted octanol–water partition coefficient (Wildman–Crippen LogP) is 6.21. The third kappa shape index (κ3) is 7.11. The first-order chi connectivity index (χ1) is 17.4. The van der Waals surface area contributed by atoms with Gasteiger partial charge in [-0.1, -0.05) is 47.6 Å². The van der Waals surface area contributed by atoms with Crippen LogP contribution in [0.3, 0.4) is 0 Å². The number of sulfonamides is 1. The van der Waals surface area contributed by atoms with Gasteiger partial charge in [-0.15, -0.1) is 0 Å². The molecule has 11 heteroatoms. The number of carbonyl (C=O) groups excluding carboxylic acids is 1. The second-order valence-corrected chi connectivity index (χ2v) is 19.2. The molecule has 2 rings (SSSR count). The maximum absolute atomic E-state index is 13.6. The van der Waals surface area contributed by atoms with Crippen LogP contribution in [0.4, 0.5) is 5.69 Å². The van der Waals surface area contributed by atoms with Crippen LogP contribution in [0, 0.1) is 10.1 Å². The summed E-state index contributed by atoms with van der Waals surface area (Å²) in [5, 5.41) is 11.0. The molecule has 1 aliphatic heterocycles. The lowest BCUT2D eigenvalue weighted by Gasteiger charge is -2.42. The summed E-state index contributed by atoms with van der Waals surface area (Å²) in [6.07, 6.45) is 2.56. The Kier molecular flexibility index (Phi) is 10.5. The van der Waals surface area contributed by atoms with Gasteiger partial charge >= 0.3 is 5.97 Å². The first kappa shape index (κ1) is 32.1. The number of rotatable bonds is 12. The van der Waals surface area contributed by atoms with Crippen molar-refractivity contribution in [3.8, 4) is 0 Å². The van der Waals surface area contributed by atoms with Gasteiger partial charge in [-0.25, -0.2) is 13.2 Å². The van der Waals surface area contributed by atoms with Crippen LogP contribution >= 0.6 is 0 Å². The van der Waals surface area contributed by atoms with Gasteiger partial charge in [0, 0.05) is 25.3 Å². The molecule has 0 fully saturated rings. The van der Waals surface area contributed by atoms with E-state index < -0.39 is 40.9 Å². The largest absolute Gasteiger partial charge is 0.457 e. The number of benzene rings is 1. The summed E-state index contributed by atoms with van der Waals surface area (Å²) in [7, 11) is -6.12. The molecular formula is C27H44N2O7SSi. The smallest absolute Gasteiger partial charge is 0.335 e. The Hall–Kier alpha value is -2.08. The maximum Gasteiger partial charge on any atom is 0.335 e. The lowest BCUT2D eigenvalue weighted by molar-refractivity contribution is -0.384. The molecule has 0 radical (unpaired) electrons. The molecule has 214 valence electrons. The number of ether oxygens (including phenoxy) is 1. The van der Waals surface area contributed by atoms with E-state index in [4.69, 9.17) is 9.16 Å². The monoisotopic (exact) mass is 568 g/mol. The topological polar surface area (TPSA) is 116 Å². The van der Waals surface area contributed by atoms with Crippen LogP contribution in [-0.4, -0.2) is 56.7 Å². The second-order valence-electron chi connectivity index (χ2n) is 11.8. The first-order valence-electron chi connectivity index (χ1n) is 13.3. The van der Waals surface area contributed by atoms with Crippen molar-refractivity contribution >= 4 is 30.0 Å². The van der Waals surface area contributed by atoms with Crippen LogP contribution in [0.25, 0.3) is 0 Å². The van der Waals surface area contributed by atoms with Crippen molar-refractivity contribution in [2.45, 2.75) is 108 Å². The molecule has 0 N–H and O–H groups in total. The normalized spacial score (nSPS) is 17.4. The molecule has 0 spiro atoms. The van der Waals surface area contributed by atoms with Crippen molar-refractivity contribution in [1.29, 1.82) is 0 Å². The summed E-state index contributed by atoms with van der Waals surface area (Å²) in [6, 6.07) is 4.08. The molecule has 0 aromatic heterocycles. The second kappa shape index (κ2) is 12.4. The van der Waals surface area contributed by atoms with Crippen LogP contribution in [0.5, 0.6) is 0 Å². The predicted molar refractivity (Wildman–Crippen MR) is 151 cm³/mol.